The topological polar surface area (TPSA) is 63.8 Å². The number of hydrogen-bond donors (Lipinski definition) is 2. The Balaban J connectivity index is 3.07. The largest absolute Gasteiger partial charge is 0.307 e. The molecule has 0 saturated heterocycles. The van der Waals surface area contributed by atoms with Gasteiger partial charge in [-0.25, -0.2) is 10.8 Å². The molecule has 10 heavy (non-hydrogen) atoms. The third kappa shape index (κ3) is 1.22. The van der Waals surface area contributed by atoms with E-state index in [9.17, 15) is 0 Å². The van der Waals surface area contributed by atoms with Crippen LogP contribution in [0.15, 0.2) is 6.20 Å². The van der Waals surface area contributed by atoms with Crippen LogP contribution < -0.4 is 11.3 Å². The maximum absolute atomic E-state index is 5.15. The Labute approximate surface area is 59.5 Å². The van der Waals surface area contributed by atoms with Crippen LogP contribution in [0.3, 0.4) is 0 Å². The number of rotatable bonds is 1. The van der Waals surface area contributed by atoms with E-state index >= 15 is 0 Å². The molecule has 4 heteroatoms. The van der Waals surface area contributed by atoms with Crippen molar-refractivity contribution in [3.8, 4) is 0 Å². The van der Waals surface area contributed by atoms with Crippen LogP contribution in [0.1, 0.15) is 11.4 Å². The molecule has 1 aromatic rings. The smallest absolute Gasteiger partial charge is 0.161 e. The van der Waals surface area contributed by atoms with E-state index < -0.39 is 0 Å². The van der Waals surface area contributed by atoms with Crippen molar-refractivity contribution < 1.29 is 0 Å². The quantitative estimate of drug-likeness (QED) is 0.435. The van der Waals surface area contributed by atoms with Gasteiger partial charge in [-0.1, -0.05) is 0 Å². The molecule has 0 aromatic carbocycles. The molecular formula is C6H10N4. The Morgan fingerprint density at radius 3 is 2.70 bits per heavy atom. The van der Waals surface area contributed by atoms with E-state index in [2.05, 4.69) is 15.4 Å². The lowest BCUT2D eigenvalue weighted by Crippen LogP contribution is -2.11. The predicted octanol–water partition coefficient (Wildman–Crippen LogP) is 0.379. The second kappa shape index (κ2) is 2.62. The Kier molecular flexibility index (Phi) is 1.82. The Morgan fingerprint density at radius 1 is 1.50 bits per heavy atom. The van der Waals surface area contributed by atoms with Crippen molar-refractivity contribution in [2.24, 2.45) is 5.84 Å². The van der Waals surface area contributed by atoms with Crippen molar-refractivity contribution >= 4 is 5.82 Å². The van der Waals surface area contributed by atoms with Crippen LogP contribution in [-0.2, 0) is 0 Å². The van der Waals surface area contributed by atoms with Gasteiger partial charge in [0.2, 0.25) is 0 Å². The summed E-state index contributed by atoms with van der Waals surface area (Å²) in [5.74, 6) is 5.78. The first kappa shape index (κ1) is 6.95. The molecule has 0 fully saturated rings. The van der Waals surface area contributed by atoms with Crippen molar-refractivity contribution in [2.75, 3.05) is 5.43 Å². The molecule has 1 heterocycles. The molecule has 0 atom stereocenters. The van der Waals surface area contributed by atoms with E-state index in [1.165, 1.54) is 0 Å². The van der Waals surface area contributed by atoms with Crippen LogP contribution in [0.25, 0.3) is 0 Å². The van der Waals surface area contributed by atoms with E-state index in [1.807, 2.05) is 13.8 Å². The molecule has 0 bridgehead atoms. The van der Waals surface area contributed by atoms with E-state index in [4.69, 9.17) is 5.84 Å². The second-order valence-electron chi connectivity index (χ2n) is 2.09. The van der Waals surface area contributed by atoms with Crippen LogP contribution in [0.5, 0.6) is 0 Å². The fourth-order valence-corrected chi connectivity index (χ4v) is 0.739. The van der Waals surface area contributed by atoms with Gasteiger partial charge in [-0.15, -0.1) is 0 Å². The molecule has 0 aliphatic rings. The van der Waals surface area contributed by atoms with Crippen LogP contribution >= 0.6 is 0 Å². The first-order chi connectivity index (χ1) is 4.74. The van der Waals surface area contributed by atoms with Crippen molar-refractivity contribution in [3.05, 3.63) is 17.6 Å². The zero-order valence-electron chi connectivity index (χ0n) is 6.05. The summed E-state index contributed by atoms with van der Waals surface area (Å²) in [6, 6.07) is 0. The molecule has 0 aliphatic carbocycles. The predicted molar refractivity (Wildman–Crippen MR) is 39.3 cm³/mol. The Morgan fingerprint density at radius 2 is 2.20 bits per heavy atom. The highest BCUT2D eigenvalue weighted by Crippen LogP contribution is 2.05. The number of nitrogens with zero attached hydrogens (tertiary/aromatic N) is 2. The molecule has 1 rings (SSSR count). The second-order valence-corrected chi connectivity index (χ2v) is 2.09. The maximum Gasteiger partial charge on any atom is 0.161 e. The normalized spacial score (nSPS) is 9.50. The number of aryl methyl sites for hydroxylation is 2. The number of anilines is 1. The summed E-state index contributed by atoms with van der Waals surface area (Å²) in [4.78, 5) is 8.14. The van der Waals surface area contributed by atoms with Crippen molar-refractivity contribution in [3.63, 3.8) is 0 Å². The minimum absolute atomic E-state index is 0.630. The molecule has 0 aliphatic heterocycles. The van der Waals surface area contributed by atoms with Crippen LogP contribution in [0, 0.1) is 13.8 Å². The van der Waals surface area contributed by atoms with E-state index in [0.29, 0.717) is 5.82 Å². The molecule has 3 N–H and O–H groups in total. The van der Waals surface area contributed by atoms with E-state index in [-0.39, 0.29) is 0 Å². The number of nitrogen functional groups attached to an aromatic ring is 1. The molecule has 4 nitrogen and oxygen atoms in total. The summed E-state index contributed by atoms with van der Waals surface area (Å²) >= 11 is 0. The summed E-state index contributed by atoms with van der Waals surface area (Å²) < 4.78 is 0. The fraction of sp³-hybridized carbons (Fsp3) is 0.333. The molecule has 0 unspecified atom stereocenters. The Hall–Kier alpha value is -1.16. The molecular weight excluding hydrogens is 128 g/mol. The monoisotopic (exact) mass is 138 g/mol. The van der Waals surface area contributed by atoms with Gasteiger partial charge in [-0.2, -0.15) is 0 Å². The molecule has 0 spiro atoms. The van der Waals surface area contributed by atoms with Crippen LogP contribution in [0.4, 0.5) is 5.82 Å². The highest BCUT2D eigenvalue weighted by molar-refractivity contribution is 5.37. The van der Waals surface area contributed by atoms with Gasteiger partial charge in [0.15, 0.2) is 5.82 Å². The maximum atomic E-state index is 5.15. The lowest BCUT2D eigenvalue weighted by molar-refractivity contribution is 1.04. The number of aromatic nitrogens is 2. The van der Waals surface area contributed by atoms with Gasteiger partial charge in [-0.3, -0.25) is 4.98 Å². The van der Waals surface area contributed by atoms with Gasteiger partial charge >= 0.3 is 0 Å². The summed E-state index contributed by atoms with van der Waals surface area (Å²) in [6.07, 6.45) is 1.67. The first-order valence-corrected chi connectivity index (χ1v) is 3.01. The highest BCUT2D eigenvalue weighted by Gasteiger charge is 1.96. The van der Waals surface area contributed by atoms with Gasteiger partial charge in [0.05, 0.1) is 17.6 Å². The molecule has 0 amide bonds. The molecule has 1 aromatic heterocycles. The summed E-state index contributed by atoms with van der Waals surface area (Å²) in [6.45, 7) is 3.75. The fourth-order valence-electron chi connectivity index (χ4n) is 0.739. The molecule has 54 valence electrons. The average molecular weight is 138 g/mol. The third-order valence-corrected chi connectivity index (χ3v) is 1.20. The van der Waals surface area contributed by atoms with Gasteiger partial charge < -0.3 is 5.43 Å². The third-order valence-electron chi connectivity index (χ3n) is 1.20. The van der Waals surface area contributed by atoms with Gasteiger partial charge in [0.25, 0.3) is 0 Å². The lowest BCUT2D eigenvalue weighted by atomic mass is 10.4. The summed E-state index contributed by atoms with van der Waals surface area (Å²) in [7, 11) is 0. The number of nitrogens with one attached hydrogen (secondary N) is 1. The van der Waals surface area contributed by atoms with Gasteiger partial charge in [0.1, 0.15) is 0 Å². The first-order valence-electron chi connectivity index (χ1n) is 3.01. The summed E-state index contributed by atoms with van der Waals surface area (Å²) in [5.41, 5.74) is 4.17. The van der Waals surface area contributed by atoms with Crippen LogP contribution in [-0.4, -0.2) is 9.97 Å². The van der Waals surface area contributed by atoms with Crippen LogP contribution in [0.2, 0.25) is 0 Å². The minimum Gasteiger partial charge on any atom is -0.307 e. The van der Waals surface area contributed by atoms with Crippen molar-refractivity contribution in [2.45, 2.75) is 13.8 Å². The number of nitrogens with two attached hydrogens (primary N) is 1. The number of hydrazine groups is 1. The Bertz CT molecular complexity index is 233. The lowest BCUT2D eigenvalue weighted by Gasteiger charge is -2.01. The minimum atomic E-state index is 0.630. The molecule has 0 saturated carbocycles. The standard InChI is InChI=1S/C6H10N4/c1-4-3-8-6(10-7)5(2)9-4/h3H,7H2,1-2H3,(H,8,10). The van der Waals surface area contributed by atoms with Gasteiger partial charge in [0, 0.05) is 0 Å². The zero-order valence-corrected chi connectivity index (χ0v) is 6.05. The van der Waals surface area contributed by atoms with Crippen molar-refractivity contribution in [1.82, 2.24) is 9.97 Å². The van der Waals surface area contributed by atoms with Gasteiger partial charge in [-0.05, 0) is 13.8 Å². The number of hydrogen-bond acceptors (Lipinski definition) is 4. The van der Waals surface area contributed by atoms with E-state index in [0.717, 1.165) is 11.4 Å². The molecule has 0 radical (unpaired) electrons. The zero-order chi connectivity index (χ0) is 7.56. The highest BCUT2D eigenvalue weighted by atomic mass is 15.3. The SMILES string of the molecule is Cc1cnc(NN)c(C)n1. The van der Waals surface area contributed by atoms with E-state index in [1.54, 1.807) is 6.20 Å². The average Bonchev–Trinajstić information content (AvgIpc) is 1.88. The van der Waals surface area contributed by atoms with Crippen molar-refractivity contribution in [1.29, 1.82) is 0 Å². The summed E-state index contributed by atoms with van der Waals surface area (Å²) in [5, 5.41) is 0.